The molecule has 2 rings (SSSR count). The molecule has 0 fully saturated rings. The van der Waals surface area contributed by atoms with Crippen LogP contribution >= 0.6 is 0 Å². The Hall–Kier alpha value is -1.94. The molecule has 0 aliphatic carbocycles. The number of anilines is 1. The fourth-order valence-electron chi connectivity index (χ4n) is 1.77. The summed E-state index contributed by atoms with van der Waals surface area (Å²) >= 11 is 0. The first-order valence-corrected chi connectivity index (χ1v) is 6.06. The highest BCUT2D eigenvalue weighted by molar-refractivity contribution is 5.45. The molecular weight excluding hydrogens is 248 g/mol. The first-order valence-electron chi connectivity index (χ1n) is 6.06. The minimum Gasteiger partial charge on any atom is -0.396 e. The number of halogens is 2. The fraction of sp³-hybridized carbons (Fsp3) is 0.200. The van der Waals surface area contributed by atoms with Crippen LogP contribution in [0.3, 0.4) is 0 Å². The molecule has 0 radical (unpaired) electrons. The van der Waals surface area contributed by atoms with Crippen molar-refractivity contribution < 1.29 is 13.9 Å². The molecule has 0 aromatic heterocycles. The van der Waals surface area contributed by atoms with E-state index in [0.717, 1.165) is 17.3 Å². The Morgan fingerprint density at radius 2 is 1.58 bits per heavy atom. The largest absolute Gasteiger partial charge is 0.396 e. The van der Waals surface area contributed by atoms with E-state index < -0.39 is 11.6 Å². The quantitative estimate of drug-likeness (QED) is 0.868. The zero-order valence-corrected chi connectivity index (χ0v) is 10.4. The normalized spacial score (nSPS) is 10.5. The van der Waals surface area contributed by atoms with Crippen LogP contribution in [0.4, 0.5) is 14.5 Å². The van der Waals surface area contributed by atoms with E-state index in [4.69, 9.17) is 5.11 Å². The third kappa shape index (κ3) is 3.76. The lowest BCUT2D eigenvalue weighted by Crippen LogP contribution is -2.00. The van der Waals surface area contributed by atoms with E-state index in [0.29, 0.717) is 18.5 Å². The Bertz CT molecular complexity index is 540. The van der Waals surface area contributed by atoms with Gasteiger partial charge in [-0.25, -0.2) is 8.78 Å². The van der Waals surface area contributed by atoms with Gasteiger partial charge in [0.15, 0.2) is 11.6 Å². The summed E-state index contributed by atoms with van der Waals surface area (Å²) < 4.78 is 25.8. The van der Waals surface area contributed by atoms with Gasteiger partial charge < -0.3 is 10.4 Å². The zero-order valence-electron chi connectivity index (χ0n) is 10.4. The Balaban J connectivity index is 1.96. The molecule has 0 bridgehead atoms. The lowest BCUT2D eigenvalue weighted by atomic mass is 10.1. The summed E-state index contributed by atoms with van der Waals surface area (Å²) in [7, 11) is 0. The van der Waals surface area contributed by atoms with Crippen LogP contribution in [0.1, 0.15) is 11.1 Å². The summed E-state index contributed by atoms with van der Waals surface area (Å²) in [4.78, 5) is 0. The average Bonchev–Trinajstić information content (AvgIpc) is 2.42. The van der Waals surface area contributed by atoms with Gasteiger partial charge in [-0.05, 0) is 41.8 Å². The molecule has 0 spiro atoms. The van der Waals surface area contributed by atoms with Gasteiger partial charge in [-0.1, -0.05) is 18.2 Å². The summed E-state index contributed by atoms with van der Waals surface area (Å²) in [6.45, 7) is 0.554. The molecule has 0 unspecified atom stereocenters. The molecule has 0 saturated carbocycles. The minimum atomic E-state index is -0.836. The lowest BCUT2D eigenvalue weighted by molar-refractivity contribution is 0.299. The van der Waals surface area contributed by atoms with Gasteiger partial charge in [0.1, 0.15) is 0 Å². The number of hydrogen-bond donors (Lipinski definition) is 2. The highest BCUT2D eigenvalue weighted by Gasteiger charge is 2.02. The van der Waals surface area contributed by atoms with Crippen molar-refractivity contribution in [1.29, 1.82) is 0 Å². The molecule has 100 valence electrons. The van der Waals surface area contributed by atoms with Gasteiger partial charge in [0.2, 0.25) is 0 Å². The summed E-state index contributed by atoms with van der Waals surface area (Å²) in [6.07, 6.45) is 0.628. The molecule has 0 amide bonds. The standard InChI is InChI=1S/C15H15F2NO/c16-14-6-3-12(9-15(14)17)10-18-13-4-1-11(2-5-13)7-8-19/h1-6,9,18-19H,7-8,10H2. The van der Waals surface area contributed by atoms with Crippen LogP contribution < -0.4 is 5.32 Å². The number of hydrogen-bond acceptors (Lipinski definition) is 2. The monoisotopic (exact) mass is 263 g/mol. The highest BCUT2D eigenvalue weighted by atomic mass is 19.2. The summed E-state index contributed by atoms with van der Waals surface area (Å²) in [5.41, 5.74) is 2.63. The number of benzene rings is 2. The van der Waals surface area contributed by atoms with Gasteiger partial charge in [-0.2, -0.15) is 0 Å². The van der Waals surface area contributed by atoms with Gasteiger partial charge in [0, 0.05) is 18.8 Å². The molecule has 0 heterocycles. The van der Waals surface area contributed by atoms with E-state index in [-0.39, 0.29) is 6.61 Å². The first-order chi connectivity index (χ1) is 9.19. The van der Waals surface area contributed by atoms with E-state index in [1.807, 2.05) is 24.3 Å². The molecule has 2 aromatic carbocycles. The summed E-state index contributed by atoms with van der Waals surface area (Å²) in [6, 6.07) is 11.5. The van der Waals surface area contributed by atoms with E-state index >= 15 is 0 Å². The Labute approximate surface area is 110 Å². The Morgan fingerprint density at radius 3 is 2.21 bits per heavy atom. The number of nitrogens with one attached hydrogen (secondary N) is 1. The highest BCUT2D eigenvalue weighted by Crippen LogP contribution is 2.13. The molecule has 2 N–H and O–H groups in total. The molecule has 0 saturated heterocycles. The van der Waals surface area contributed by atoms with Crippen LogP contribution in [0.25, 0.3) is 0 Å². The molecular formula is C15H15F2NO. The number of aliphatic hydroxyl groups is 1. The second kappa shape index (κ2) is 6.29. The van der Waals surface area contributed by atoms with Crippen LogP contribution in [0.15, 0.2) is 42.5 Å². The summed E-state index contributed by atoms with van der Waals surface area (Å²) in [5, 5.41) is 11.9. The van der Waals surface area contributed by atoms with Crippen molar-refractivity contribution >= 4 is 5.69 Å². The van der Waals surface area contributed by atoms with Crippen molar-refractivity contribution in [3.63, 3.8) is 0 Å². The third-order valence-electron chi connectivity index (χ3n) is 2.84. The smallest absolute Gasteiger partial charge is 0.159 e. The van der Waals surface area contributed by atoms with Crippen molar-refractivity contribution in [3.8, 4) is 0 Å². The number of aliphatic hydroxyl groups excluding tert-OH is 1. The minimum absolute atomic E-state index is 0.127. The predicted octanol–water partition coefficient (Wildman–Crippen LogP) is 3.11. The van der Waals surface area contributed by atoms with Crippen molar-refractivity contribution in [2.24, 2.45) is 0 Å². The molecule has 0 atom stereocenters. The maximum atomic E-state index is 13.0. The average molecular weight is 263 g/mol. The SMILES string of the molecule is OCCc1ccc(NCc2ccc(F)c(F)c2)cc1. The van der Waals surface area contributed by atoms with Gasteiger partial charge in [-0.15, -0.1) is 0 Å². The van der Waals surface area contributed by atoms with Crippen molar-refractivity contribution in [1.82, 2.24) is 0 Å². The molecule has 4 heteroatoms. The van der Waals surface area contributed by atoms with E-state index in [1.54, 1.807) is 6.07 Å². The maximum absolute atomic E-state index is 13.0. The molecule has 0 aliphatic heterocycles. The van der Waals surface area contributed by atoms with Crippen molar-refractivity contribution in [3.05, 3.63) is 65.2 Å². The molecule has 2 aromatic rings. The second-order valence-electron chi connectivity index (χ2n) is 4.27. The van der Waals surface area contributed by atoms with Gasteiger partial charge in [-0.3, -0.25) is 0 Å². The van der Waals surface area contributed by atoms with E-state index in [9.17, 15) is 8.78 Å². The Kier molecular flexibility index (Phi) is 4.47. The van der Waals surface area contributed by atoms with Crippen LogP contribution in [0.2, 0.25) is 0 Å². The predicted molar refractivity (Wildman–Crippen MR) is 70.9 cm³/mol. The lowest BCUT2D eigenvalue weighted by Gasteiger charge is -2.08. The zero-order chi connectivity index (χ0) is 13.7. The number of rotatable bonds is 5. The first kappa shape index (κ1) is 13.5. The van der Waals surface area contributed by atoms with Crippen molar-refractivity contribution in [2.75, 3.05) is 11.9 Å². The summed E-state index contributed by atoms with van der Waals surface area (Å²) in [5.74, 6) is -1.67. The van der Waals surface area contributed by atoms with Crippen LogP contribution in [-0.2, 0) is 13.0 Å². The third-order valence-corrected chi connectivity index (χ3v) is 2.84. The molecule has 19 heavy (non-hydrogen) atoms. The molecule has 2 nitrogen and oxygen atoms in total. The van der Waals surface area contributed by atoms with Gasteiger partial charge in [0.25, 0.3) is 0 Å². The van der Waals surface area contributed by atoms with Crippen LogP contribution in [0.5, 0.6) is 0 Å². The topological polar surface area (TPSA) is 32.3 Å². The van der Waals surface area contributed by atoms with Crippen LogP contribution in [-0.4, -0.2) is 11.7 Å². The van der Waals surface area contributed by atoms with Gasteiger partial charge in [0.05, 0.1) is 0 Å². The van der Waals surface area contributed by atoms with Crippen LogP contribution in [0, 0.1) is 11.6 Å². The fourth-order valence-corrected chi connectivity index (χ4v) is 1.77. The van der Waals surface area contributed by atoms with Gasteiger partial charge >= 0.3 is 0 Å². The van der Waals surface area contributed by atoms with E-state index in [1.165, 1.54) is 6.07 Å². The molecule has 0 aliphatic rings. The van der Waals surface area contributed by atoms with Crippen molar-refractivity contribution in [2.45, 2.75) is 13.0 Å². The van der Waals surface area contributed by atoms with E-state index in [2.05, 4.69) is 5.32 Å². The maximum Gasteiger partial charge on any atom is 0.159 e. The Morgan fingerprint density at radius 1 is 0.895 bits per heavy atom. The second-order valence-corrected chi connectivity index (χ2v) is 4.27.